The van der Waals surface area contributed by atoms with E-state index in [1.807, 2.05) is 0 Å². The molecule has 2 aliphatic heterocycles. The van der Waals surface area contributed by atoms with E-state index in [1.54, 1.807) is 67.8 Å². The summed E-state index contributed by atoms with van der Waals surface area (Å²) in [5, 5.41) is 53.8. The first-order valence-corrected chi connectivity index (χ1v) is 11.3. The van der Waals surface area contributed by atoms with Crippen molar-refractivity contribution in [3.05, 3.63) is 87.3 Å². The van der Waals surface area contributed by atoms with Crippen LogP contribution in [0.15, 0.2) is 25.0 Å². The second-order valence-electron chi connectivity index (χ2n) is 10.4. The van der Waals surface area contributed by atoms with Gasteiger partial charge in [0, 0.05) is 94.7 Å². The van der Waals surface area contributed by atoms with E-state index in [4.69, 9.17) is 30.6 Å². The van der Waals surface area contributed by atoms with Gasteiger partial charge < -0.3 is 51.0 Å². The first-order chi connectivity index (χ1) is 18.1. The van der Waals surface area contributed by atoms with Gasteiger partial charge in [-0.1, -0.05) is 0 Å². The Bertz CT molecular complexity index is 1220. The van der Waals surface area contributed by atoms with Crippen LogP contribution in [0.3, 0.4) is 0 Å². The molecule has 0 bridgehead atoms. The third kappa shape index (κ3) is 6.98. The van der Waals surface area contributed by atoms with Crippen LogP contribution in [0.2, 0.25) is 0 Å². The predicted octanol–water partition coefficient (Wildman–Crippen LogP) is 1.55. The first kappa shape index (κ1) is 36.5. The molecule has 4 rings (SSSR count). The minimum atomic E-state index is -1.75. The predicted molar refractivity (Wildman–Crippen MR) is 137 cm³/mol. The molecule has 1 radical (unpaired) electrons. The molecule has 2 N–H and O–H groups in total. The SMILES string of the molecule is CC1(C)[N+](=O)C(c2c[nH]cn2)=[N+]([O-])C1(C)C.CC1(C)[N+](=O)C(c2c[nH]cn2)=[N+]([O-])C1(C)C.O=[N+]([O-])[O-].O=[N+]([O-])[O-].[Cu]. The normalized spacial score (nSPS) is 19.0. The zero-order valence-electron chi connectivity index (χ0n) is 23.3. The number of H-pyrrole nitrogens is 2. The summed E-state index contributed by atoms with van der Waals surface area (Å²) in [6.45, 7) is 14.0. The van der Waals surface area contributed by atoms with Crippen LogP contribution in [0, 0.1) is 50.9 Å². The molecule has 0 unspecified atom stereocenters. The van der Waals surface area contributed by atoms with E-state index in [0.29, 0.717) is 11.4 Å². The fourth-order valence-electron chi connectivity index (χ4n) is 3.40. The summed E-state index contributed by atoms with van der Waals surface area (Å²) in [7, 11) is 0. The number of amidine groups is 2. The molecule has 231 valence electrons. The van der Waals surface area contributed by atoms with Gasteiger partial charge in [0.05, 0.1) is 22.8 Å². The van der Waals surface area contributed by atoms with E-state index in [-0.39, 0.29) is 28.7 Å². The molecule has 21 heteroatoms. The van der Waals surface area contributed by atoms with E-state index in [1.165, 1.54) is 12.7 Å². The number of rotatable bonds is 2. The summed E-state index contributed by atoms with van der Waals surface area (Å²) in [5.41, 5.74) is -2.40. The fraction of sp³-hybridized carbons (Fsp3) is 0.600. The number of aromatic nitrogens is 4. The van der Waals surface area contributed by atoms with Crippen molar-refractivity contribution in [3.8, 4) is 0 Å². The molecule has 41 heavy (non-hydrogen) atoms. The van der Waals surface area contributed by atoms with Crippen molar-refractivity contribution in [1.82, 2.24) is 19.9 Å². The van der Waals surface area contributed by atoms with Crippen LogP contribution in [0.4, 0.5) is 0 Å². The van der Waals surface area contributed by atoms with Crippen LogP contribution >= 0.6 is 0 Å². The van der Waals surface area contributed by atoms with Crippen molar-refractivity contribution >= 4 is 11.7 Å². The molecule has 4 heterocycles. The molecule has 0 amide bonds. The van der Waals surface area contributed by atoms with Crippen molar-refractivity contribution in [3.63, 3.8) is 0 Å². The smallest absolute Gasteiger partial charge is 0.525 e. The molecule has 0 spiro atoms. The molecule has 20 nitrogen and oxygen atoms in total. The van der Waals surface area contributed by atoms with Crippen LogP contribution in [0.5, 0.6) is 0 Å². The standard InChI is InChI=1S/2C10H15N4O2.Cu.2NO3/c2*1-9(2)10(3,4)14(16)8(13(9)15)7-5-11-6-12-7;;2*2-1(3)4/h2*5-6H,1-4H3,(H,11,12);;;/q2*+1;;2*-1. The number of imidazole rings is 2. The molecule has 0 aliphatic carbocycles. The second-order valence-corrected chi connectivity index (χ2v) is 10.4. The van der Waals surface area contributed by atoms with Crippen LogP contribution in [-0.4, -0.2) is 82.9 Å². The molecule has 0 aromatic carbocycles. The van der Waals surface area contributed by atoms with Gasteiger partial charge in [0.15, 0.2) is 0 Å². The molecular weight excluding hydrogens is 604 g/mol. The molecule has 0 atom stereocenters. The summed E-state index contributed by atoms with van der Waals surface area (Å²) in [4.78, 5) is 54.2. The maximum Gasteiger partial charge on any atom is 0.525 e. The molecule has 0 saturated carbocycles. The number of nitroso groups, excluding NO2 is 2. The average molecular weight is 634 g/mol. The molecule has 2 aromatic heterocycles. The summed E-state index contributed by atoms with van der Waals surface area (Å²) < 4.78 is 2.98. The van der Waals surface area contributed by atoms with Gasteiger partial charge in [-0.3, -0.25) is 0 Å². The van der Waals surface area contributed by atoms with Gasteiger partial charge >= 0.3 is 11.7 Å². The van der Waals surface area contributed by atoms with Gasteiger partial charge in [-0.25, -0.2) is 9.97 Å². The summed E-state index contributed by atoms with van der Waals surface area (Å²) in [6, 6.07) is 0. The fourth-order valence-corrected chi connectivity index (χ4v) is 3.40. The van der Waals surface area contributed by atoms with Gasteiger partial charge in [-0.2, -0.15) is 0 Å². The summed E-state index contributed by atoms with van der Waals surface area (Å²) in [6.07, 6.45) is 5.98. The van der Waals surface area contributed by atoms with E-state index < -0.39 is 32.3 Å². The first-order valence-electron chi connectivity index (χ1n) is 11.3. The maximum absolute atomic E-state index is 12.1. The van der Waals surface area contributed by atoms with Crippen LogP contribution < -0.4 is 0 Å². The monoisotopic (exact) mass is 633 g/mol. The Kier molecular flexibility index (Phi) is 11.4. The van der Waals surface area contributed by atoms with E-state index in [2.05, 4.69) is 19.9 Å². The zero-order valence-corrected chi connectivity index (χ0v) is 24.2. The number of hydrogen-bond acceptors (Lipinski definition) is 12. The summed E-state index contributed by atoms with van der Waals surface area (Å²) >= 11 is 0. The van der Waals surface area contributed by atoms with Gasteiger partial charge in [0.25, 0.3) is 11.1 Å². The Balaban J connectivity index is 0.000000609. The van der Waals surface area contributed by atoms with Crippen molar-refractivity contribution in [2.75, 3.05) is 0 Å². The molecular formula is C20H30CuN10O10. The van der Waals surface area contributed by atoms with Crippen molar-refractivity contribution in [1.29, 1.82) is 0 Å². The van der Waals surface area contributed by atoms with Gasteiger partial charge in [0.1, 0.15) is 9.52 Å². The molecule has 2 aliphatic rings. The van der Waals surface area contributed by atoms with Gasteiger partial charge in [-0.05, 0) is 0 Å². The Morgan fingerprint density at radius 3 is 1.02 bits per heavy atom. The van der Waals surface area contributed by atoms with Gasteiger partial charge in [-0.15, -0.1) is 9.48 Å². The number of aromatic amines is 2. The van der Waals surface area contributed by atoms with E-state index in [9.17, 15) is 20.2 Å². The molecule has 2 aromatic rings. The summed E-state index contributed by atoms with van der Waals surface area (Å²) in [5.74, 6) is 0.132. The van der Waals surface area contributed by atoms with Gasteiger partial charge in [0.2, 0.25) is 22.5 Å². The zero-order chi connectivity index (χ0) is 31.4. The van der Waals surface area contributed by atoms with Crippen LogP contribution in [0.25, 0.3) is 0 Å². The van der Waals surface area contributed by atoms with Crippen LogP contribution in [-0.2, 0) is 17.1 Å². The minimum absolute atomic E-state index is 0. The Morgan fingerprint density at radius 1 is 0.634 bits per heavy atom. The van der Waals surface area contributed by atoms with Crippen molar-refractivity contribution in [2.24, 2.45) is 0 Å². The quantitative estimate of drug-likeness (QED) is 0.156. The Labute approximate surface area is 242 Å². The Hall–Kier alpha value is -4.52. The van der Waals surface area contributed by atoms with Crippen LogP contribution in [0.1, 0.15) is 66.8 Å². The average Bonchev–Trinajstić information content (AvgIpc) is 3.56. The van der Waals surface area contributed by atoms with Crippen molar-refractivity contribution in [2.45, 2.75) is 77.5 Å². The number of hydroxylamine groups is 2. The van der Waals surface area contributed by atoms with E-state index in [0.717, 1.165) is 19.0 Å². The number of nitrogens with one attached hydrogen (secondary N) is 2. The van der Waals surface area contributed by atoms with Crippen molar-refractivity contribution < 1.29 is 46.2 Å². The topological polar surface area (TPSA) is 282 Å². The third-order valence-corrected chi connectivity index (χ3v) is 7.25. The Morgan fingerprint density at radius 2 is 0.878 bits per heavy atom. The molecule has 0 fully saturated rings. The largest absolute Gasteiger partial charge is 0.618 e. The van der Waals surface area contributed by atoms with E-state index >= 15 is 0 Å². The molecule has 0 saturated heterocycles. The maximum atomic E-state index is 12.1. The number of nitrogens with zero attached hydrogens (tertiary/aromatic N) is 8. The number of hydrogen-bond donors (Lipinski definition) is 2. The minimum Gasteiger partial charge on any atom is -0.618 e. The third-order valence-electron chi connectivity index (χ3n) is 7.25. The second kappa shape index (κ2) is 12.8.